The Hall–Kier alpha value is -1.62. The maximum Gasteiger partial charge on any atom is 0.179 e. The lowest BCUT2D eigenvalue weighted by Crippen LogP contribution is -2.12. The van der Waals surface area contributed by atoms with Gasteiger partial charge in [0.2, 0.25) is 0 Å². The van der Waals surface area contributed by atoms with Crippen molar-refractivity contribution in [1.82, 2.24) is 15.0 Å². The van der Waals surface area contributed by atoms with Crippen molar-refractivity contribution in [3.8, 4) is 0 Å². The molecule has 2 heterocycles. The van der Waals surface area contributed by atoms with Crippen LogP contribution >= 0.6 is 0 Å². The first-order valence-electron chi connectivity index (χ1n) is 5.53. The molecule has 16 heavy (non-hydrogen) atoms. The van der Waals surface area contributed by atoms with Gasteiger partial charge in [-0.3, -0.25) is 0 Å². The van der Waals surface area contributed by atoms with E-state index in [9.17, 15) is 0 Å². The van der Waals surface area contributed by atoms with Gasteiger partial charge in [-0.05, 0) is 18.6 Å². The summed E-state index contributed by atoms with van der Waals surface area (Å²) in [5.41, 5.74) is 7.40. The number of fused-ring (bicyclic) bond motifs is 1. The summed E-state index contributed by atoms with van der Waals surface area (Å²) in [7, 11) is 1.84. The Morgan fingerprint density at radius 1 is 1.44 bits per heavy atom. The molecule has 2 aromatic heterocycles. The largest absolute Gasteiger partial charge is 0.373 e. The number of nitrogens with one attached hydrogen (secondary N) is 2. The molecule has 0 aliphatic carbocycles. The van der Waals surface area contributed by atoms with E-state index in [1.807, 2.05) is 19.2 Å². The summed E-state index contributed by atoms with van der Waals surface area (Å²) in [5.74, 6) is 2.04. The van der Waals surface area contributed by atoms with Crippen molar-refractivity contribution in [2.45, 2.75) is 19.3 Å². The molecule has 0 aliphatic rings. The van der Waals surface area contributed by atoms with Gasteiger partial charge in [-0.15, -0.1) is 0 Å². The zero-order chi connectivity index (χ0) is 11.5. The van der Waals surface area contributed by atoms with Gasteiger partial charge in [0.25, 0.3) is 0 Å². The minimum Gasteiger partial charge on any atom is -0.373 e. The molecule has 0 aliphatic heterocycles. The highest BCUT2D eigenvalue weighted by molar-refractivity contribution is 5.73. The lowest BCUT2D eigenvalue weighted by atomic mass is 10.1. The molecule has 1 atom stereocenters. The third kappa shape index (κ3) is 1.86. The Morgan fingerprint density at radius 3 is 2.88 bits per heavy atom. The smallest absolute Gasteiger partial charge is 0.179 e. The van der Waals surface area contributed by atoms with E-state index in [2.05, 4.69) is 27.2 Å². The van der Waals surface area contributed by atoms with E-state index in [0.29, 0.717) is 6.54 Å². The van der Waals surface area contributed by atoms with Crippen LogP contribution in [0.2, 0.25) is 0 Å². The number of anilines is 1. The van der Waals surface area contributed by atoms with Crippen molar-refractivity contribution in [2.75, 3.05) is 18.9 Å². The Labute approximate surface area is 94.5 Å². The molecule has 0 aromatic carbocycles. The minimum atomic E-state index is 0.284. The van der Waals surface area contributed by atoms with Crippen LogP contribution in [-0.4, -0.2) is 28.5 Å². The van der Waals surface area contributed by atoms with E-state index in [-0.39, 0.29) is 5.92 Å². The first kappa shape index (κ1) is 10.9. The number of aromatic amines is 1. The van der Waals surface area contributed by atoms with Gasteiger partial charge < -0.3 is 16.0 Å². The quantitative estimate of drug-likeness (QED) is 0.727. The number of hydrogen-bond acceptors (Lipinski definition) is 4. The van der Waals surface area contributed by atoms with Crippen LogP contribution in [0.3, 0.4) is 0 Å². The lowest BCUT2D eigenvalue weighted by Gasteiger charge is -2.06. The molecular weight excluding hydrogens is 202 g/mol. The van der Waals surface area contributed by atoms with Crippen molar-refractivity contribution < 1.29 is 0 Å². The van der Waals surface area contributed by atoms with Gasteiger partial charge in [0, 0.05) is 19.5 Å². The Kier molecular flexibility index (Phi) is 3.05. The lowest BCUT2D eigenvalue weighted by molar-refractivity contribution is 0.640. The van der Waals surface area contributed by atoms with Crippen LogP contribution in [0.5, 0.6) is 0 Å². The van der Waals surface area contributed by atoms with Crippen LogP contribution in [0.1, 0.15) is 25.1 Å². The number of imidazole rings is 1. The fraction of sp³-hybridized carbons (Fsp3) is 0.455. The summed E-state index contributed by atoms with van der Waals surface area (Å²) >= 11 is 0. The van der Waals surface area contributed by atoms with E-state index >= 15 is 0 Å². The number of nitrogens with two attached hydrogens (primary N) is 1. The molecule has 2 aromatic rings. The summed E-state index contributed by atoms with van der Waals surface area (Å²) in [4.78, 5) is 12.1. The number of pyridine rings is 1. The number of aromatic nitrogens is 3. The van der Waals surface area contributed by atoms with Crippen molar-refractivity contribution in [3.05, 3.63) is 18.0 Å². The van der Waals surface area contributed by atoms with Crippen molar-refractivity contribution >= 4 is 17.0 Å². The molecule has 1 unspecified atom stereocenters. The molecule has 0 radical (unpaired) electrons. The van der Waals surface area contributed by atoms with E-state index < -0.39 is 0 Å². The molecule has 0 saturated carbocycles. The molecular formula is C11H17N5. The van der Waals surface area contributed by atoms with Crippen molar-refractivity contribution in [3.63, 3.8) is 0 Å². The number of nitrogens with zero attached hydrogens (tertiary/aromatic N) is 2. The number of rotatable bonds is 4. The molecule has 0 amide bonds. The van der Waals surface area contributed by atoms with Crippen LogP contribution in [-0.2, 0) is 0 Å². The van der Waals surface area contributed by atoms with Gasteiger partial charge in [0.1, 0.15) is 11.6 Å². The summed E-state index contributed by atoms with van der Waals surface area (Å²) in [6.07, 6.45) is 0.981. The normalized spacial score (nSPS) is 12.9. The van der Waals surface area contributed by atoms with E-state index in [1.54, 1.807) is 0 Å². The third-order valence-corrected chi connectivity index (χ3v) is 2.78. The number of H-pyrrole nitrogens is 1. The van der Waals surface area contributed by atoms with Crippen LogP contribution in [0, 0.1) is 0 Å². The molecule has 5 heteroatoms. The maximum absolute atomic E-state index is 5.70. The average molecular weight is 219 g/mol. The second kappa shape index (κ2) is 4.49. The Bertz CT molecular complexity index is 472. The summed E-state index contributed by atoms with van der Waals surface area (Å²) < 4.78 is 0. The Morgan fingerprint density at radius 2 is 2.25 bits per heavy atom. The van der Waals surface area contributed by atoms with E-state index in [1.165, 1.54) is 0 Å². The highest BCUT2D eigenvalue weighted by Gasteiger charge is 2.12. The molecule has 5 nitrogen and oxygen atoms in total. The predicted molar refractivity (Wildman–Crippen MR) is 65.5 cm³/mol. The third-order valence-electron chi connectivity index (χ3n) is 2.78. The van der Waals surface area contributed by atoms with Crippen LogP contribution in [0.15, 0.2) is 12.1 Å². The zero-order valence-electron chi connectivity index (χ0n) is 9.62. The number of hydrogen-bond donors (Lipinski definition) is 3. The van der Waals surface area contributed by atoms with Gasteiger partial charge >= 0.3 is 0 Å². The topological polar surface area (TPSA) is 79.6 Å². The molecule has 86 valence electrons. The predicted octanol–water partition coefficient (Wildman–Crippen LogP) is 1.45. The highest BCUT2D eigenvalue weighted by atomic mass is 15.0. The van der Waals surface area contributed by atoms with Crippen LogP contribution in [0.4, 0.5) is 5.82 Å². The molecule has 0 spiro atoms. The molecule has 0 bridgehead atoms. The fourth-order valence-electron chi connectivity index (χ4n) is 1.72. The van der Waals surface area contributed by atoms with Gasteiger partial charge in [-0.1, -0.05) is 6.92 Å². The van der Waals surface area contributed by atoms with Crippen molar-refractivity contribution in [1.29, 1.82) is 0 Å². The van der Waals surface area contributed by atoms with E-state index in [0.717, 1.165) is 29.2 Å². The molecule has 2 rings (SSSR count). The van der Waals surface area contributed by atoms with Gasteiger partial charge in [-0.25, -0.2) is 9.97 Å². The van der Waals surface area contributed by atoms with Gasteiger partial charge in [0.05, 0.1) is 5.52 Å². The maximum atomic E-state index is 5.70. The summed E-state index contributed by atoms with van der Waals surface area (Å²) in [5, 5.41) is 3.00. The first-order chi connectivity index (χ1) is 7.78. The first-order valence-corrected chi connectivity index (χ1v) is 5.53. The molecule has 4 N–H and O–H groups in total. The monoisotopic (exact) mass is 219 g/mol. The standard InChI is InChI=1S/C11H17N5/c1-3-7(6-12)10-14-8-4-5-9(13-2)15-11(8)16-10/h4-5,7H,3,6,12H2,1-2H3,(H2,13,14,15,16). The molecule has 0 saturated heterocycles. The minimum absolute atomic E-state index is 0.284. The second-order valence-electron chi connectivity index (χ2n) is 3.78. The van der Waals surface area contributed by atoms with Gasteiger partial charge in [-0.2, -0.15) is 0 Å². The fourth-order valence-corrected chi connectivity index (χ4v) is 1.72. The zero-order valence-corrected chi connectivity index (χ0v) is 9.62. The summed E-state index contributed by atoms with van der Waals surface area (Å²) in [6, 6.07) is 3.90. The average Bonchev–Trinajstić information content (AvgIpc) is 2.72. The van der Waals surface area contributed by atoms with Crippen molar-refractivity contribution in [2.24, 2.45) is 5.73 Å². The van der Waals surface area contributed by atoms with E-state index in [4.69, 9.17) is 5.73 Å². The van der Waals surface area contributed by atoms with Crippen LogP contribution < -0.4 is 11.1 Å². The van der Waals surface area contributed by atoms with Gasteiger partial charge in [0.15, 0.2) is 5.65 Å². The second-order valence-corrected chi connectivity index (χ2v) is 3.78. The summed E-state index contributed by atoms with van der Waals surface area (Å²) in [6.45, 7) is 2.71. The highest BCUT2D eigenvalue weighted by Crippen LogP contribution is 2.19. The van der Waals surface area contributed by atoms with Crippen LogP contribution in [0.25, 0.3) is 11.2 Å². The SMILES string of the molecule is CCC(CN)c1nc2nc(NC)ccc2[nH]1. The Balaban J connectivity index is 2.43. The molecule has 0 fully saturated rings.